The van der Waals surface area contributed by atoms with Crippen LogP contribution in [-0.4, -0.2) is 26.0 Å². The molecule has 0 saturated heterocycles. The Morgan fingerprint density at radius 3 is 2.04 bits per heavy atom. The van der Waals surface area contributed by atoms with Crippen molar-refractivity contribution in [3.05, 3.63) is 47.5 Å². The van der Waals surface area contributed by atoms with Gasteiger partial charge in [-0.05, 0) is 36.1 Å². The number of amides is 2. The number of aryl methyl sites for hydroxylation is 2. The van der Waals surface area contributed by atoms with Crippen molar-refractivity contribution in [2.75, 3.05) is 24.9 Å². The lowest BCUT2D eigenvalue weighted by molar-refractivity contribution is -0.133. The average molecular weight is 356 g/mol. The quantitative estimate of drug-likeness (QED) is 0.778. The SMILES string of the molecule is CCc1cccc(CC)c1NC(=O)C(=O)Nc1cc(OC)ccc1OC. The maximum absolute atomic E-state index is 12.4. The monoisotopic (exact) mass is 356 g/mol. The molecule has 138 valence electrons. The molecule has 0 heterocycles. The lowest BCUT2D eigenvalue weighted by Gasteiger charge is -2.15. The minimum absolute atomic E-state index is 0.367. The molecular weight excluding hydrogens is 332 g/mol. The summed E-state index contributed by atoms with van der Waals surface area (Å²) in [6.07, 6.45) is 1.52. The molecule has 0 saturated carbocycles. The third kappa shape index (κ3) is 4.33. The smallest absolute Gasteiger partial charge is 0.314 e. The number of anilines is 2. The summed E-state index contributed by atoms with van der Waals surface area (Å²) in [5.74, 6) is -0.517. The molecule has 0 aliphatic heterocycles. The van der Waals surface area contributed by atoms with Gasteiger partial charge in [0.2, 0.25) is 0 Å². The maximum atomic E-state index is 12.4. The van der Waals surface area contributed by atoms with E-state index in [1.807, 2.05) is 32.0 Å². The summed E-state index contributed by atoms with van der Waals surface area (Å²) in [6.45, 7) is 4.01. The van der Waals surface area contributed by atoms with E-state index in [9.17, 15) is 9.59 Å². The number of methoxy groups -OCH3 is 2. The summed E-state index contributed by atoms with van der Waals surface area (Å²) in [4.78, 5) is 24.8. The van der Waals surface area contributed by atoms with E-state index in [1.54, 1.807) is 18.2 Å². The first-order valence-corrected chi connectivity index (χ1v) is 8.49. The Hall–Kier alpha value is -3.02. The first-order valence-electron chi connectivity index (χ1n) is 8.49. The van der Waals surface area contributed by atoms with Crippen molar-refractivity contribution in [2.24, 2.45) is 0 Å². The van der Waals surface area contributed by atoms with Gasteiger partial charge in [0.15, 0.2) is 0 Å². The van der Waals surface area contributed by atoms with Crippen LogP contribution in [0.15, 0.2) is 36.4 Å². The van der Waals surface area contributed by atoms with Gasteiger partial charge >= 0.3 is 11.8 Å². The number of ether oxygens (including phenoxy) is 2. The molecule has 0 radical (unpaired) electrons. The highest BCUT2D eigenvalue weighted by molar-refractivity contribution is 6.44. The summed E-state index contributed by atoms with van der Waals surface area (Å²) in [6, 6.07) is 10.8. The maximum Gasteiger partial charge on any atom is 0.314 e. The average Bonchev–Trinajstić information content (AvgIpc) is 2.67. The molecule has 0 aliphatic carbocycles. The minimum atomic E-state index is -0.774. The predicted molar refractivity (Wildman–Crippen MR) is 102 cm³/mol. The van der Waals surface area contributed by atoms with Gasteiger partial charge in [0.1, 0.15) is 11.5 Å². The second-order valence-electron chi connectivity index (χ2n) is 5.63. The molecule has 6 heteroatoms. The number of hydrogen-bond donors (Lipinski definition) is 2. The topological polar surface area (TPSA) is 76.7 Å². The molecule has 0 atom stereocenters. The van der Waals surface area contributed by atoms with Gasteiger partial charge in [-0.15, -0.1) is 0 Å². The minimum Gasteiger partial charge on any atom is -0.497 e. The molecule has 0 bridgehead atoms. The lowest BCUT2D eigenvalue weighted by atomic mass is 10.0. The molecule has 0 unspecified atom stereocenters. The van der Waals surface area contributed by atoms with Gasteiger partial charge in [-0.25, -0.2) is 0 Å². The standard InChI is InChI=1S/C20H24N2O4/c1-5-13-8-7-9-14(6-2)18(13)22-20(24)19(23)21-16-12-15(25-3)10-11-17(16)26-4/h7-12H,5-6H2,1-4H3,(H,21,23)(H,22,24). The van der Waals surface area contributed by atoms with Gasteiger partial charge in [-0.3, -0.25) is 9.59 Å². The van der Waals surface area contributed by atoms with Crippen molar-refractivity contribution in [1.82, 2.24) is 0 Å². The van der Waals surface area contributed by atoms with E-state index in [1.165, 1.54) is 14.2 Å². The van der Waals surface area contributed by atoms with Crippen LogP contribution in [-0.2, 0) is 22.4 Å². The number of benzene rings is 2. The number of para-hydroxylation sites is 1. The molecule has 2 N–H and O–H groups in total. The van der Waals surface area contributed by atoms with Crippen molar-refractivity contribution >= 4 is 23.2 Å². The summed E-state index contributed by atoms with van der Waals surface area (Å²) in [5, 5.41) is 5.32. The Kier molecular flexibility index (Phi) is 6.60. The summed E-state index contributed by atoms with van der Waals surface area (Å²) < 4.78 is 10.4. The van der Waals surface area contributed by atoms with Crippen LogP contribution in [0.4, 0.5) is 11.4 Å². The zero-order valence-electron chi connectivity index (χ0n) is 15.5. The fourth-order valence-electron chi connectivity index (χ4n) is 2.66. The molecule has 26 heavy (non-hydrogen) atoms. The van der Waals surface area contributed by atoms with Gasteiger partial charge in [-0.2, -0.15) is 0 Å². The van der Waals surface area contributed by atoms with E-state index >= 15 is 0 Å². The normalized spacial score (nSPS) is 10.2. The molecule has 0 fully saturated rings. The number of carbonyl (C=O) groups excluding carboxylic acids is 2. The van der Waals surface area contributed by atoms with E-state index in [0.29, 0.717) is 22.9 Å². The second kappa shape index (κ2) is 8.89. The zero-order valence-corrected chi connectivity index (χ0v) is 15.5. The lowest BCUT2D eigenvalue weighted by Crippen LogP contribution is -2.30. The Morgan fingerprint density at radius 2 is 1.50 bits per heavy atom. The van der Waals surface area contributed by atoms with Crippen LogP contribution in [0.2, 0.25) is 0 Å². The van der Waals surface area contributed by atoms with Crippen molar-refractivity contribution in [3.63, 3.8) is 0 Å². The van der Waals surface area contributed by atoms with E-state index in [-0.39, 0.29) is 0 Å². The molecule has 6 nitrogen and oxygen atoms in total. The Morgan fingerprint density at radius 1 is 0.885 bits per heavy atom. The number of hydrogen-bond acceptors (Lipinski definition) is 4. The highest BCUT2D eigenvalue weighted by Crippen LogP contribution is 2.29. The van der Waals surface area contributed by atoms with E-state index in [4.69, 9.17) is 9.47 Å². The third-order valence-electron chi connectivity index (χ3n) is 4.10. The molecule has 2 rings (SSSR count). The van der Waals surface area contributed by atoms with Crippen molar-refractivity contribution in [3.8, 4) is 11.5 Å². The highest BCUT2D eigenvalue weighted by Gasteiger charge is 2.19. The van der Waals surface area contributed by atoms with Crippen LogP contribution in [0, 0.1) is 0 Å². The van der Waals surface area contributed by atoms with Crippen LogP contribution in [0.5, 0.6) is 11.5 Å². The second-order valence-corrected chi connectivity index (χ2v) is 5.63. The van der Waals surface area contributed by atoms with Gasteiger partial charge in [0.05, 0.1) is 19.9 Å². The van der Waals surface area contributed by atoms with Crippen molar-refractivity contribution in [2.45, 2.75) is 26.7 Å². The third-order valence-corrected chi connectivity index (χ3v) is 4.10. The largest absolute Gasteiger partial charge is 0.497 e. The molecule has 0 spiro atoms. The Balaban J connectivity index is 2.20. The number of carbonyl (C=O) groups is 2. The summed E-state index contributed by atoms with van der Waals surface area (Å²) in [5.41, 5.74) is 3.05. The van der Waals surface area contributed by atoms with Crippen molar-refractivity contribution < 1.29 is 19.1 Å². The first-order chi connectivity index (χ1) is 12.5. The predicted octanol–water partition coefficient (Wildman–Crippen LogP) is 3.41. The summed E-state index contributed by atoms with van der Waals surface area (Å²) >= 11 is 0. The molecule has 2 aromatic rings. The molecule has 0 aliphatic rings. The van der Waals surface area contributed by atoms with Gasteiger partial charge < -0.3 is 20.1 Å². The Bertz CT molecular complexity index is 780. The van der Waals surface area contributed by atoms with Crippen LogP contribution in [0.1, 0.15) is 25.0 Å². The van der Waals surface area contributed by atoms with Gasteiger partial charge in [0.25, 0.3) is 0 Å². The molecule has 2 amide bonds. The molecule has 2 aromatic carbocycles. The number of nitrogens with one attached hydrogen (secondary N) is 2. The fourth-order valence-corrected chi connectivity index (χ4v) is 2.66. The number of rotatable bonds is 6. The molecule has 0 aromatic heterocycles. The van der Waals surface area contributed by atoms with E-state index < -0.39 is 11.8 Å². The molecular formula is C20H24N2O4. The van der Waals surface area contributed by atoms with E-state index in [2.05, 4.69) is 10.6 Å². The van der Waals surface area contributed by atoms with Crippen LogP contribution < -0.4 is 20.1 Å². The zero-order chi connectivity index (χ0) is 19.1. The highest BCUT2D eigenvalue weighted by atomic mass is 16.5. The van der Waals surface area contributed by atoms with Crippen LogP contribution >= 0.6 is 0 Å². The fraction of sp³-hybridized carbons (Fsp3) is 0.300. The summed E-state index contributed by atoms with van der Waals surface area (Å²) in [7, 11) is 3.01. The van der Waals surface area contributed by atoms with Crippen molar-refractivity contribution in [1.29, 1.82) is 0 Å². The Labute approximate surface area is 153 Å². The van der Waals surface area contributed by atoms with E-state index in [0.717, 1.165) is 24.0 Å². The van der Waals surface area contributed by atoms with Crippen LogP contribution in [0.3, 0.4) is 0 Å². The van der Waals surface area contributed by atoms with Gasteiger partial charge in [0, 0.05) is 11.8 Å². The first kappa shape index (κ1) is 19.3. The van der Waals surface area contributed by atoms with Gasteiger partial charge in [-0.1, -0.05) is 32.0 Å². The van der Waals surface area contributed by atoms with Crippen LogP contribution in [0.25, 0.3) is 0 Å².